The number of nitrogens with zero attached hydrogens (tertiary/aromatic N) is 2. The lowest BCUT2D eigenvalue weighted by Gasteiger charge is -2.23. The van der Waals surface area contributed by atoms with Crippen molar-refractivity contribution in [2.45, 2.75) is 52.1 Å². The van der Waals surface area contributed by atoms with E-state index in [0.29, 0.717) is 23.4 Å². The van der Waals surface area contributed by atoms with Crippen LogP contribution < -0.4 is 20.7 Å². The Bertz CT molecular complexity index is 1560. The maximum Gasteiger partial charge on any atom is 0.332 e. The molecule has 2 aromatic heterocycles. The predicted octanol–water partition coefficient (Wildman–Crippen LogP) is 4.40. The molecule has 2 aromatic carbocycles. The molecule has 9 heteroatoms. The van der Waals surface area contributed by atoms with Crippen LogP contribution in [-0.4, -0.2) is 39.4 Å². The average Bonchev–Trinajstić information content (AvgIpc) is 3.30. The second-order valence-corrected chi connectivity index (χ2v) is 8.97. The van der Waals surface area contributed by atoms with Gasteiger partial charge in [-0.05, 0) is 38.0 Å². The fourth-order valence-electron chi connectivity index (χ4n) is 4.95. The van der Waals surface area contributed by atoms with E-state index in [1.165, 1.54) is 24.9 Å². The van der Waals surface area contributed by atoms with Crippen LogP contribution in [0.5, 0.6) is 11.5 Å². The number of hydrogen-bond donors (Lipinski definition) is 2. The molecule has 36 heavy (non-hydrogen) atoms. The summed E-state index contributed by atoms with van der Waals surface area (Å²) in [5.41, 5.74) is 1.80. The summed E-state index contributed by atoms with van der Waals surface area (Å²) in [7, 11) is 2.93. The van der Waals surface area contributed by atoms with Gasteiger partial charge in [-0.15, -0.1) is 0 Å². The highest BCUT2D eigenvalue weighted by molar-refractivity contribution is 5.88. The number of nitrogens with one attached hydrogen (secondary N) is 1. The highest BCUT2D eigenvalue weighted by Crippen LogP contribution is 2.34. The standard InChI is InChI=1S/C27H31N3O6/c1-6-7-11-20(26(32)33)30-25(31)17-12-22(35-4)23(36-5)13-21(17)29(27(30)34)16(3)18-14-28-19-10-8-9-15(2)24(18)19/h8-10,12-14,16,20,28H,6-7,11H2,1-5H3,(H,32,33). The highest BCUT2D eigenvalue weighted by Gasteiger charge is 2.29. The zero-order valence-corrected chi connectivity index (χ0v) is 21.1. The van der Waals surface area contributed by atoms with Crippen molar-refractivity contribution in [1.29, 1.82) is 0 Å². The monoisotopic (exact) mass is 493 g/mol. The highest BCUT2D eigenvalue weighted by atomic mass is 16.5. The largest absolute Gasteiger partial charge is 0.493 e. The smallest absolute Gasteiger partial charge is 0.332 e. The number of methoxy groups -OCH3 is 2. The van der Waals surface area contributed by atoms with Crippen molar-refractivity contribution >= 4 is 27.8 Å². The van der Waals surface area contributed by atoms with Crippen LogP contribution in [-0.2, 0) is 4.79 Å². The van der Waals surface area contributed by atoms with Gasteiger partial charge in [0.25, 0.3) is 5.56 Å². The number of aryl methyl sites for hydroxylation is 1. The minimum Gasteiger partial charge on any atom is -0.493 e. The van der Waals surface area contributed by atoms with Gasteiger partial charge in [0.15, 0.2) is 11.5 Å². The number of benzene rings is 2. The summed E-state index contributed by atoms with van der Waals surface area (Å²) < 4.78 is 13.2. The number of hydrogen-bond acceptors (Lipinski definition) is 5. The molecular formula is C27H31N3O6. The molecule has 0 bridgehead atoms. The Morgan fingerprint density at radius 2 is 1.81 bits per heavy atom. The van der Waals surface area contributed by atoms with E-state index in [1.807, 2.05) is 45.2 Å². The number of aliphatic carboxylic acids is 1. The van der Waals surface area contributed by atoms with Crippen molar-refractivity contribution in [3.63, 3.8) is 0 Å². The summed E-state index contributed by atoms with van der Waals surface area (Å²) in [6.07, 6.45) is 3.31. The molecule has 0 radical (unpaired) electrons. The number of carboxylic acids is 1. The number of aromatic nitrogens is 3. The molecule has 0 fully saturated rings. The van der Waals surface area contributed by atoms with Crippen LogP contribution in [0.15, 0.2) is 46.1 Å². The first-order chi connectivity index (χ1) is 17.2. The SMILES string of the molecule is CCCCC(C(=O)O)n1c(=O)c2cc(OC)c(OC)cc2n(C(C)c2c[nH]c3cccc(C)c23)c1=O. The summed E-state index contributed by atoms with van der Waals surface area (Å²) in [5.74, 6) is -0.544. The van der Waals surface area contributed by atoms with Gasteiger partial charge in [0.05, 0.1) is 31.2 Å². The van der Waals surface area contributed by atoms with Gasteiger partial charge in [0.1, 0.15) is 6.04 Å². The Labute approximate surface area is 207 Å². The molecule has 0 saturated carbocycles. The fourth-order valence-corrected chi connectivity index (χ4v) is 4.95. The van der Waals surface area contributed by atoms with E-state index < -0.39 is 29.3 Å². The molecule has 0 saturated heterocycles. The first-order valence-electron chi connectivity index (χ1n) is 12.0. The maximum atomic E-state index is 14.0. The second-order valence-electron chi connectivity index (χ2n) is 8.97. The molecule has 4 rings (SSSR count). The van der Waals surface area contributed by atoms with Gasteiger partial charge in [-0.2, -0.15) is 0 Å². The molecule has 0 spiro atoms. The molecule has 190 valence electrons. The van der Waals surface area contributed by atoms with Crippen LogP contribution in [0.1, 0.15) is 56.3 Å². The molecule has 0 aliphatic heterocycles. The third-order valence-electron chi connectivity index (χ3n) is 6.83. The van der Waals surface area contributed by atoms with Crippen LogP contribution in [0.4, 0.5) is 0 Å². The summed E-state index contributed by atoms with van der Waals surface area (Å²) >= 11 is 0. The molecule has 0 aliphatic carbocycles. The number of carbonyl (C=O) groups is 1. The van der Waals surface area contributed by atoms with E-state index in [-0.39, 0.29) is 11.8 Å². The van der Waals surface area contributed by atoms with Crippen molar-refractivity contribution < 1.29 is 19.4 Å². The Hall–Kier alpha value is -4.01. The summed E-state index contributed by atoms with van der Waals surface area (Å²) in [4.78, 5) is 43.1. The van der Waals surface area contributed by atoms with Gasteiger partial charge in [-0.3, -0.25) is 9.36 Å². The van der Waals surface area contributed by atoms with Gasteiger partial charge in [0, 0.05) is 28.7 Å². The molecule has 9 nitrogen and oxygen atoms in total. The minimum absolute atomic E-state index is 0.167. The number of H-pyrrole nitrogens is 1. The van der Waals surface area contributed by atoms with E-state index in [1.54, 1.807) is 6.07 Å². The van der Waals surface area contributed by atoms with E-state index in [2.05, 4.69) is 4.98 Å². The van der Waals surface area contributed by atoms with Crippen LogP contribution in [0, 0.1) is 6.92 Å². The topological polar surface area (TPSA) is 116 Å². The van der Waals surface area contributed by atoms with E-state index in [4.69, 9.17) is 9.47 Å². The van der Waals surface area contributed by atoms with Crippen molar-refractivity contribution in [3.05, 3.63) is 68.5 Å². The van der Waals surface area contributed by atoms with E-state index >= 15 is 0 Å². The molecule has 2 heterocycles. The first kappa shape index (κ1) is 25.1. The normalized spacial score (nSPS) is 13.1. The van der Waals surface area contributed by atoms with Crippen LogP contribution in [0.2, 0.25) is 0 Å². The minimum atomic E-state index is -1.29. The quantitative estimate of drug-likeness (QED) is 0.357. The Morgan fingerprint density at radius 3 is 2.44 bits per heavy atom. The molecule has 0 aliphatic rings. The van der Waals surface area contributed by atoms with Crippen molar-refractivity contribution in [1.82, 2.24) is 14.1 Å². The molecule has 0 amide bonds. The van der Waals surface area contributed by atoms with Gasteiger partial charge in [-0.25, -0.2) is 14.2 Å². The predicted molar refractivity (Wildman–Crippen MR) is 139 cm³/mol. The van der Waals surface area contributed by atoms with E-state index in [9.17, 15) is 19.5 Å². The van der Waals surface area contributed by atoms with Crippen molar-refractivity contribution in [2.24, 2.45) is 0 Å². The Morgan fingerprint density at radius 1 is 1.11 bits per heavy atom. The summed E-state index contributed by atoms with van der Waals surface area (Å²) in [5, 5.41) is 11.1. The van der Waals surface area contributed by atoms with E-state index in [0.717, 1.165) is 33.0 Å². The molecular weight excluding hydrogens is 462 g/mol. The fraction of sp³-hybridized carbons (Fsp3) is 0.370. The van der Waals surface area contributed by atoms with Crippen LogP contribution in [0.25, 0.3) is 21.8 Å². The maximum absolute atomic E-state index is 14.0. The van der Waals surface area contributed by atoms with Gasteiger partial charge < -0.3 is 19.6 Å². The molecule has 4 aromatic rings. The lowest BCUT2D eigenvalue weighted by Crippen LogP contribution is -2.45. The average molecular weight is 494 g/mol. The zero-order valence-electron chi connectivity index (χ0n) is 21.1. The lowest BCUT2D eigenvalue weighted by atomic mass is 10.0. The Kier molecular flexibility index (Phi) is 6.92. The number of unbranched alkanes of at least 4 members (excludes halogenated alkanes) is 1. The number of carboxylic acid groups (broad SMARTS) is 1. The zero-order chi connectivity index (χ0) is 26.1. The number of aromatic amines is 1. The van der Waals surface area contributed by atoms with Crippen LogP contribution in [0.3, 0.4) is 0 Å². The van der Waals surface area contributed by atoms with Gasteiger partial charge in [0.2, 0.25) is 0 Å². The number of rotatable bonds is 9. The van der Waals surface area contributed by atoms with Gasteiger partial charge >= 0.3 is 11.7 Å². The molecule has 2 atom stereocenters. The first-order valence-corrected chi connectivity index (χ1v) is 12.0. The summed E-state index contributed by atoms with van der Waals surface area (Å²) in [6, 6.07) is 7.20. The second kappa shape index (κ2) is 9.93. The third-order valence-corrected chi connectivity index (χ3v) is 6.83. The summed E-state index contributed by atoms with van der Waals surface area (Å²) in [6.45, 7) is 5.79. The van der Waals surface area contributed by atoms with Gasteiger partial charge in [-0.1, -0.05) is 31.9 Å². The Balaban J connectivity index is 2.12. The third kappa shape index (κ3) is 4.04. The van der Waals surface area contributed by atoms with Crippen molar-refractivity contribution in [2.75, 3.05) is 14.2 Å². The number of ether oxygens (including phenoxy) is 2. The van der Waals surface area contributed by atoms with Crippen molar-refractivity contribution in [3.8, 4) is 11.5 Å². The lowest BCUT2D eigenvalue weighted by molar-refractivity contribution is -0.141. The number of fused-ring (bicyclic) bond motifs is 2. The van der Waals surface area contributed by atoms with Crippen LogP contribution >= 0.6 is 0 Å². The molecule has 2 N–H and O–H groups in total. The molecule has 2 unspecified atom stereocenters.